The topological polar surface area (TPSA) is 66.8 Å². The number of carbonyl (C=O) groups excluding carboxylic acids is 2. The van der Waals surface area contributed by atoms with E-state index in [2.05, 4.69) is 0 Å². The molecule has 1 heterocycles. The number of methoxy groups -OCH3 is 1. The third-order valence-corrected chi connectivity index (χ3v) is 5.27. The monoisotopic (exact) mass is 417 g/mol. The fourth-order valence-corrected chi connectivity index (χ4v) is 3.74. The van der Waals surface area contributed by atoms with Crippen molar-refractivity contribution in [2.75, 3.05) is 12.0 Å². The van der Waals surface area contributed by atoms with Crippen LogP contribution in [0.25, 0.3) is 5.76 Å². The Morgan fingerprint density at radius 3 is 2.29 bits per heavy atom. The molecule has 1 atom stereocenters. The molecular formula is C25H20FNO4. The van der Waals surface area contributed by atoms with E-state index in [-0.39, 0.29) is 16.9 Å². The number of hydrogen-bond acceptors (Lipinski definition) is 4. The molecule has 156 valence electrons. The van der Waals surface area contributed by atoms with E-state index in [1.165, 1.54) is 29.2 Å². The van der Waals surface area contributed by atoms with Crippen molar-refractivity contribution < 1.29 is 23.8 Å². The van der Waals surface area contributed by atoms with Gasteiger partial charge < -0.3 is 9.84 Å². The third kappa shape index (κ3) is 3.68. The van der Waals surface area contributed by atoms with E-state index in [9.17, 15) is 19.1 Å². The van der Waals surface area contributed by atoms with Crippen LogP contribution in [0.2, 0.25) is 0 Å². The van der Waals surface area contributed by atoms with Crippen molar-refractivity contribution in [1.82, 2.24) is 0 Å². The molecule has 0 aromatic heterocycles. The molecule has 0 aliphatic carbocycles. The Hall–Kier alpha value is -3.93. The van der Waals surface area contributed by atoms with E-state index < -0.39 is 23.5 Å². The summed E-state index contributed by atoms with van der Waals surface area (Å²) >= 11 is 0. The Kier molecular flexibility index (Phi) is 5.29. The number of hydrogen-bond donors (Lipinski definition) is 1. The van der Waals surface area contributed by atoms with Gasteiger partial charge in [-0.3, -0.25) is 14.5 Å². The minimum Gasteiger partial charge on any atom is -0.507 e. The van der Waals surface area contributed by atoms with Crippen LogP contribution in [0.3, 0.4) is 0 Å². The first kappa shape index (κ1) is 20.3. The molecule has 5 nitrogen and oxygen atoms in total. The quantitative estimate of drug-likeness (QED) is 0.377. The van der Waals surface area contributed by atoms with Crippen molar-refractivity contribution in [3.63, 3.8) is 0 Å². The van der Waals surface area contributed by atoms with Crippen molar-refractivity contribution >= 4 is 23.1 Å². The van der Waals surface area contributed by atoms with Crippen LogP contribution < -0.4 is 9.64 Å². The lowest BCUT2D eigenvalue weighted by molar-refractivity contribution is -0.132. The van der Waals surface area contributed by atoms with Crippen LogP contribution >= 0.6 is 0 Å². The summed E-state index contributed by atoms with van der Waals surface area (Å²) < 4.78 is 18.6. The molecule has 31 heavy (non-hydrogen) atoms. The maximum Gasteiger partial charge on any atom is 0.300 e. The first-order valence-electron chi connectivity index (χ1n) is 9.68. The highest BCUT2D eigenvalue weighted by atomic mass is 19.1. The number of benzene rings is 3. The Morgan fingerprint density at radius 2 is 1.68 bits per heavy atom. The standard InChI is InChI=1S/C25H20FNO4/c1-15-4-3-5-19(14-15)27-22(16-8-12-20(31-2)13-9-16)21(24(29)25(27)30)23(28)17-6-10-18(26)11-7-17/h3-14,22,28H,1-2H3/b23-21+. The van der Waals surface area contributed by atoms with Crippen LogP contribution in [0, 0.1) is 12.7 Å². The summed E-state index contributed by atoms with van der Waals surface area (Å²) in [5.74, 6) is -1.74. The van der Waals surface area contributed by atoms with Gasteiger partial charge in [-0.15, -0.1) is 0 Å². The van der Waals surface area contributed by atoms with Crippen molar-refractivity contribution in [3.05, 3.63) is 101 Å². The lowest BCUT2D eigenvalue weighted by atomic mass is 9.95. The molecule has 1 saturated heterocycles. The average molecular weight is 417 g/mol. The zero-order valence-corrected chi connectivity index (χ0v) is 17.0. The second-order valence-corrected chi connectivity index (χ2v) is 7.29. The molecule has 1 unspecified atom stereocenters. The van der Waals surface area contributed by atoms with Crippen molar-refractivity contribution in [2.45, 2.75) is 13.0 Å². The van der Waals surface area contributed by atoms with Gasteiger partial charge in [-0.2, -0.15) is 0 Å². The second kappa shape index (κ2) is 8.07. The summed E-state index contributed by atoms with van der Waals surface area (Å²) in [4.78, 5) is 27.5. The SMILES string of the molecule is COc1ccc(C2/C(=C(\O)c3ccc(F)cc3)C(=O)C(=O)N2c2cccc(C)c2)cc1. The van der Waals surface area contributed by atoms with Gasteiger partial charge in [0.2, 0.25) is 0 Å². The Morgan fingerprint density at radius 1 is 1.00 bits per heavy atom. The number of carbonyl (C=O) groups is 2. The fourth-order valence-electron chi connectivity index (χ4n) is 3.74. The Bertz CT molecular complexity index is 1180. The number of amides is 1. The smallest absolute Gasteiger partial charge is 0.300 e. The van der Waals surface area contributed by atoms with E-state index in [0.29, 0.717) is 17.0 Å². The molecule has 3 aromatic carbocycles. The summed E-state index contributed by atoms with van der Waals surface area (Å²) in [7, 11) is 1.54. The molecule has 0 bridgehead atoms. The van der Waals surface area contributed by atoms with Crippen LogP contribution in [0.15, 0.2) is 78.4 Å². The summed E-state index contributed by atoms with van der Waals surface area (Å²) in [6.07, 6.45) is 0. The van der Waals surface area contributed by atoms with E-state index in [1.54, 1.807) is 49.6 Å². The van der Waals surface area contributed by atoms with Crippen LogP contribution in [0.1, 0.15) is 22.7 Å². The molecule has 0 spiro atoms. The largest absolute Gasteiger partial charge is 0.507 e. The van der Waals surface area contributed by atoms with Gasteiger partial charge in [-0.1, -0.05) is 24.3 Å². The highest BCUT2D eigenvalue weighted by Crippen LogP contribution is 2.42. The fraction of sp³-hybridized carbons (Fsp3) is 0.120. The lowest BCUT2D eigenvalue weighted by Crippen LogP contribution is -2.29. The summed E-state index contributed by atoms with van der Waals surface area (Å²) in [5, 5.41) is 11.0. The molecule has 1 N–H and O–H groups in total. The minimum atomic E-state index is -0.849. The zero-order chi connectivity index (χ0) is 22.1. The van der Waals surface area contributed by atoms with Gasteiger partial charge in [0.05, 0.1) is 18.7 Å². The number of ether oxygens (including phenoxy) is 1. The summed E-state index contributed by atoms with van der Waals surface area (Å²) in [6.45, 7) is 1.89. The number of ketones is 1. The van der Waals surface area contributed by atoms with Gasteiger partial charge in [0.15, 0.2) is 0 Å². The molecule has 1 fully saturated rings. The molecule has 3 aromatic rings. The van der Waals surface area contributed by atoms with Crippen molar-refractivity contribution in [1.29, 1.82) is 0 Å². The molecule has 4 rings (SSSR count). The van der Waals surface area contributed by atoms with Crippen LogP contribution in [0.5, 0.6) is 5.75 Å². The van der Waals surface area contributed by atoms with Gasteiger partial charge in [0.25, 0.3) is 11.7 Å². The number of aliphatic hydroxyl groups is 1. The molecule has 0 saturated carbocycles. The van der Waals surface area contributed by atoms with Crippen molar-refractivity contribution in [3.8, 4) is 5.75 Å². The highest BCUT2D eigenvalue weighted by molar-refractivity contribution is 6.51. The second-order valence-electron chi connectivity index (χ2n) is 7.29. The maximum absolute atomic E-state index is 13.4. The molecule has 1 amide bonds. The van der Waals surface area contributed by atoms with Gasteiger partial charge in [0, 0.05) is 11.3 Å². The lowest BCUT2D eigenvalue weighted by Gasteiger charge is -2.26. The highest BCUT2D eigenvalue weighted by Gasteiger charge is 2.47. The van der Waals surface area contributed by atoms with E-state index in [0.717, 1.165) is 5.56 Å². The average Bonchev–Trinajstić information content (AvgIpc) is 3.04. The van der Waals surface area contributed by atoms with Crippen molar-refractivity contribution in [2.24, 2.45) is 0 Å². The van der Waals surface area contributed by atoms with Gasteiger partial charge >= 0.3 is 0 Å². The van der Waals surface area contributed by atoms with Crippen LogP contribution in [0.4, 0.5) is 10.1 Å². The normalized spacial score (nSPS) is 17.8. The number of anilines is 1. The number of halogens is 1. The molecule has 6 heteroatoms. The maximum atomic E-state index is 13.4. The number of Topliss-reactive ketones (excluding diaryl/α,β-unsaturated/α-hetero) is 1. The van der Waals surface area contributed by atoms with Gasteiger partial charge in [-0.25, -0.2) is 4.39 Å². The molecule has 1 aliphatic heterocycles. The summed E-state index contributed by atoms with van der Waals surface area (Å²) in [6, 6.07) is 18.5. The molecule has 1 aliphatic rings. The Labute approximate surface area is 179 Å². The first-order valence-corrected chi connectivity index (χ1v) is 9.68. The summed E-state index contributed by atoms with van der Waals surface area (Å²) in [5.41, 5.74) is 2.29. The molecular weight excluding hydrogens is 397 g/mol. The van der Waals surface area contributed by atoms with E-state index in [1.807, 2.05) is 13.0 Å². The van der Waals surface area contributed by atoms with Gasteiger partial charge in [0.1, 0.15) is 17.3 Å². The minimum absolute atomic E-state index is 0.0525. The number of aliphatic hydroxyl groups excluding tert-OH is 1. The predicted molar refractivity (Wildman–Crippen MR) is 115 cm³/mol. The first-order chi connectivity index (χ1) is 14.9. The van der Waals surface area contributed by atoms with Gasteiger partial charge in [-0.05, 0) is 66.6 Å². The van der Waals surface area contributed by atoms with E-state index in [4.69, 9.17) is 4.74 Å². The molecule has 0 radical (unpaired) electrons. The number of aryl methyl sites for hydroxylation is 1. The number of rotatable bonds is 4. The predicted octanol–water partition coefficient (Wildman–Crippen LogP) is 4.77. The van der Waals surface area contributed by atoms with Crippen LogP contribution in [-0.2, 0) is 9.59 Å². The van der Waals surface area contributed by atoms with E-state index >= 15 is 0 Å². The van der Waals surface area contributed by atoms with Crippen LogP contribution in [-0.4, -0.2) is 23.9 Å². The third-order valence-electron chi connectivity index (χ3n) is 5.27. The zero-order valence-electron chi connectivity index (χ0n) is 17.0. The number of nitrogens with zero attached hydrogens (tertiary/aromatic N) is 1. The Balaban J connectivity index is 1.93.